The average molecular weight is 177 g/mol. The van der Waals surface area contributed by atoms with E-state index in [0.717, 1.165) is 11.1 Å². The van der Waals surface area contributed by atoms with E-state index in [0.29, 0.717) is 19.0 Å². The number of phenols is 1. The Balaban J connectivity index is 2.49. The molecule has 0 saturated carbocycles. The number of benzene rings is 1. The first-order chi connectivity index (χ1) is 6.29. The van der Waals surface area contributed by atoms with Crippen LogP contribution in [0.4, 0.5) is 0 Å². The minimum atomic E-state index is 0.237. The summed E-state index contributed by atoms with van der Waals surface area (Å²) in [5.41, 5.74) is 1.71. The van der Waals surface area contributed by atoms with Gasteiger partial charge in [-0.1, -0.05) is 12.1 Å². The van der Waals surface area contributed by atoms with Crippen LogP contribution in [0.15, 0.2) is 23.2 Å². The number of ether oxygens (including phenoxy) is 1. The van der Waals surface area contributed by atoms with Gasteiger partial charge in [0.1, 0.15) is 12.4 Å². The van der Waals surface area contributed by atoms with Gasteiger partial charge in [0.2, 0.25) is 5.90 Å². The number of aryl methyl sites for hydroxylation is 1. The molecule has 1 aromatic rings. The molecule has 0 unspecified atom stereocenters. The fraction of sp³-hybridized carbons (Fsp3) is 0.300. The van der Waals surface area contributed by atoms with Gasteiger partial charge in [0.15, 0.2) is 0 Å². The van der Waals surface area contributed by atoms with E-state index in [1.165, 1.54) is 0 Å². The first kappa shape index (κ1) is 8.10. The molecule has 0 bridgehead atoms. The molecule has 2 rings (SSSR count). The molecule has 1 aliphatic rings. The van der Waals surface area contributed by atoms with Gasteiger partial charge in [-0.25, -0.2) is 4.99 Å². The molecular weight excluding hydrogens is 166 g/mol. The van der Waals surface area contributed by atoms with Crippen LogP contribution in [0, 0.1) is 6.92 Å². The summed E-state index contributed by atoms with van der Waals surface area (Å²) in [7, 11) is 0. The first-order valence-electron chi connectivity index (χ1n) is 4.25. The molecule has 0 aromatic heterocycles. The topological polar surface area (TPSA) is 41.8 Å². The van der Waals surface area contributed by atoms with Crippen LogP contribution in [0.25, 0.3) is 0 Å². The maximum absolute atomic E-state index is 9.59. The van der Waals surface area contributed by atoms with E-state index in [-0.39, 0.29) is 5.75 Å². The molecule has 1 aliphatic heterocycles. The van der Waals surface area contributed by atoms with E-state index in [9.17, 15) is 5.11 Å². The molecule has 0 atom stereocenters. The largest absolute Gasteiger partial charge is 0.507 e. The first-order valence-corrected chi connectivity index (χ1v) is 4.25. The van der Waals surface area contributed by atoms with Crippen molar-refractivity contribution in [2.45, 2.75) is 6.92 Å². The van der Waals surface area contributed by atoms with Crippen LogP contribution >= 0.6 is 0 Å². The number of phenolic OH excluding ortho intramolecular Hbond substituents is 1. The molecule has 3 nitrogen and oxygen atoms in total. The van der Waals surface area contributed by atoms with Crippen LogP contribution in [0.1, 0.15) is 11.1 Å². The van der Waals surface area contributed by atoms with E-state index in [2.05, 4.69) is 4.99 Å². The van der Waals surface area contributed by atoms with Crippen LogP contribution < -0.4 is 0 Å². The van der Waals surface area contributed by atoms with E-state index in [4.69, 9.17) is 4.74 Å². The number of aliphatic imine (C=N–C) groups is 1. The third-order valence-corrected chi connectivity index (χ3v) is 2.05. The molecule has 1 aromatic carbocycles. The second-order valence-corrected chi connectivity index (χ2v) is 3.00. The highest BCUT2D eigenvalue weighted by molar-refractivity contribution is 5.98. The smallest absolute Gasteiger partial charge is 0.220 e. The zero-order chi connectivity index (χ0) is 9.26. The summed E-state index contributed by atoms with van der Waals surface area (Å²) in [6, 6.07) is 5.38. The van der Waals surface area contributed by atoms with Crippen molar-refractivity contribution >= 4 is 5.90 Å². The lowest BCUT2D eigenvalue weighted by Crippen LogP contribution is -2.03. The summed E-state index contributed by atoms with van der Waals surface area (Å²) in [4.78, 5) is 4.16. The normalized spacial score (nSPS) is 15.3. The summed E-state index contributed by atoms with van der Waals surface area (Å²) < 4.78 is 5.29. The molecule has 1 heterocycles. The molecule has 68 valence electrons. The van der Waals surface area contributed by atoms with Gasteiger partial charge in [0.05, 0.1) is 12.1 Å². The highest BCUT2D eigenvalue weighted by Gasteiger charge is 2.16. The Hall–Kier alpha value is -1.51. The molecule has 0 spiro atoms. The van der Waals surface area contributed by atoms with Gasteiger partial charge in [0, 0.05) is 0 Å². The summed E-state index contributed by atoms with van der Waals surface area (Å²) in [6.07, 6.45) is 0. The minimum absolute atomic E-state index is 0.237. The lowest BCUT2D eigenvalue weighted by atomic mass is 10.1. The van der Waals surface area contributed by atoms with Gasteiger partial charge in [-0.3, -0.25) is 0 Å². The maximum Gasteiger partial charge on any atom is 0.220 e. The van der Waals surface area contributed by atoms with E-state index < -0.39 is 0 Å². The Morgan fingerprint density at radius 2 is 2.31 bits per heavy atom. The fourth-order valence-electron chi connectivity index (χ4n) is 1.42. The van der Waals surface area contributed by atoms with Gasteiger partial charge in [0.25, 0.3) is 0 Å². The van der Waals surface area contributed by atoms with Crippen molar-refractivity contribution in [2.75, 3.05) is 13.2 Å². The molecule has 13 heavy (non-hydrogen) atoms. The number of aromatic hydroxyl groups is 1. The van der Waals surface area contributed by atoms with Crippen LogP contribution in [0.5, 0.6) is 5.75 Å². The monoisotopic (exact) mass is 177 g/mol. The van der Waals surface area contributed by atoms with Crippen LogP contribution in [-0.2, 0) is 4.74 Å². The second kappa shape index (κ2) is 3.09. The van der Waals surface area contributed by atoms with Crippen LogP contribution in [0.2, 0.25) is 0 Å². The molecule has 0 saturated heterocycles. The van der Waals surface area contributed by atoms with E-state index >= 15 is 0 Å². The van der Waals surface area contributed by atoms with E-state index in [1.807, 2.05) is 19.1 Å². The number of hydrogen-bond acceptors (Lipinski definition) is 3. The molecule has 0 radical (unpaired) electrons. The number of rotatable bonds is 1. The Kier molecular flexibility index (Phi) is 1.93. The Labute approximate surface area is 76.7 Å². The third-order valence-electron chi connectivity index (χ3n) is 2.05. The number of nitrogens with zero attached hydrogens (tertiary/aromatic N) is 1. The Morgan fingerprint density at radius 1 is 1.46 bits per heavy atom. The van der Waals surface area contributed by atoms with Crippen molar-refractivity contribution in [3.8, 4) is 5.75 Å². The summed E-state index contributed by atoms with van der Waals surface area (Å²) in [6.45, 7) is 3.23. The van der Waals surface area contributed by atoms with Crippen LogP contribution in [-0.4, -0.2) is 24.2 Å². The summed E-state index contributed by atoms with van der Waals surface area (Å²) >= 11 is 0. The van der Waals surface area contributed by atoms with Crippen LogP contribution in [0.3, 0.4) is 0 Å². The maximum atomic E-state index is 9.59. The SMILES string of the molecule is Cc1cccc(O)c1C1=NCCO1. The van der Waals surface area contributed by atoms with Crippen molar-refractivity contribution in [1.29, 1.82) is 0 Å². The second-order valence-electron chi connectivity index (χ2n) is 3.00. The average Bonchev–Trinajstić information content (AvgIpc) is 2.57. The predicted molar refractivity (Wildman–Crippen MR) is 50.2 cm³/mol. The highest BCUT2D eigenvalue weighted by Crippen LogP contribution is 2.22. The van der Waals surface area contributed by atoms with Gasteiger partial charge in [-0.05, 0) is 18.6 Å². The molecule has 0 fully saturated rings. The Morgan fingerprint density at radius 3 is 2.92 bits per heavy atom. The molecule has 0 amide bonds. The lowest BCUT2D eigenvalue weighted by molar-refractivity contribution is 0.346. The molecule has 1 N–H and O–H groups in total. The van der Waals surface area contributed by atoms with Crippen molar-refractivity contribution in [2.24, 2.45) is 4.99 Å². The summed E-state index contributed by atoms with van der Waals surface area (Å²) in [5.74, 6) is 0.802. The highest BCUT2D eigenvalue weighted by atomic mass is 16.5. The third kappa shape index (κ3) is 1.37. The zero-order valence-corrected chi connectivity index (χ0v) is 7.45. The van der Waals surface area contributed by atoms with Crippen molar-refractivity contribution in [3.05, 3.63) is 29.3 Å². The lowest BCUT2D eigenvalue weighted by Gasteiger charge is -2.07. The van der Waals surface area contributed by atoms with Crippen molar-refractivity contribution in [3.63, 3.8) is 0 Å². The van der Waals surface area contributed by atoms with Crippen molar-refractivity contribution in [1.82, 2.24) is 0 Å². The van der Waals surface area contributed by atoms with E-state index in [1.54, 1.807) is 6.07 Å². The molecular formula is C10H11NO2. The fourth-order valence-corrected chi connectivity index (χ4v) is 1.42. The zero-order valence-electron chi connectivity index (χ0n) is 7.45. The number of hydrogen-bond donors (Lipinski definition) is 1. The Bertz CT molecular complexity index is 338. The van der Waals surface area contributed by atoms with Gasteiger partial charge in [-0.2, -0.15) is 0 Å². The predicted octanol–water partition coefficient (Wildman–Crippen LogP) is 1.48. The van der Waals surface area contributed by atoms with Crippen molar-refractivity contribution < 1.29 is 9.84 Å². The van der Waals surface area contributed by atoms with Gasteiger partial charge in [-0.15, -0.1) is 0 Å². The quantitative estimate of drug-likeness (QED) is 0.705. The molecule has 0 aliphatic carbocycles. The molecule has 3 heteroatoms. The summed E-state index contributed by atoms with van der Waals surface area (Å²) in [5, 5.41) is 9.59. The van der Waals surface area contributed by atoms with Gasteiger partial charge >= 0.3 is 0 Å². The van der Waals surface area contributed by atoms with Gasteiger partial charge < -0.3 is 9.84 Å². The minimum Gasteiger partial charge on any atom is -0.507 e. The standard InChI is InChI=1S/C10H11NO2/c1-7-3-2-4-8(12)9(7)10-11-5-6-13-10/h2-4,12H,5-6H2,1H3.